The van der Waals surface area contributed by atoms with Crippen LogP contribution in [-0.4, -0.2) is 56.8 Å². The maximum atomic E-state index is 15.0. The van der Waals surface area contributed by atoms with E-state index in [4.69, 9.17) is 42.1 Å². The molecule has 3 aliphatic rings. The predicted octanol–water partition coefficient (Wildman–Crippen LogP) is 6.39. The van der Waals surface area contributed by atoms with Gasteiger partial charge in [0, 0.05) is 30.6 Å². The Balaban J connectivity index is 1.21. The van der Waals surface area contributed by atoms with Crippen LogP contribution in [0.2, 0.25) is 10.0 Å². The van der Waals surface area contributed by atoms with Gasteiger partial charge < -0.3 is 24.2 Å². The monoisotopic (exact) mass is 737 g/mol. The Morgan fingerprint density at radius 1 is 0.980 bits per heavy atom. The Bertz CT molecular complexity index is 1870. The standard InChI is InChI=1S/C38H38Cl2FN3O7/c1-48-32-11-10-25(17-34(32)49-2)33(18-28-29(39)20-44(47)21-30(28)40)50-37(45)26-7-5-6-23(16-26)19-42-36(27-8-3-4-9-31(27)41)38(46)51-35-22-43-14-12-24(35)13-15-43/h3-11,16-17,20-21,24,33,35-36,42H,12-15,18-19,22H2,1-2H3/t33?,35-,36-/m0/s1. The highest BCUT2D eigenvalue weighted by molar-refractivity contribution is 6.35. The van der Waals surface area contributed by atoms with Gasteiger partial charge >= 0.3 is 11.9 Å². The average Bonchev–Trinajstić information content (AvgIpc) is 3.13. The Hall–Kier alpha value is -4.42. The summed E-state index contributed by atoms with van der Waals surface area (Å²) in [6, 6.07) is 16.9. The van der Waals surface area contributed by atoms with Gasteiger partial charge in [0.2, 0.25) is 0 Å². The third kappa shape index (κ3) is 8.56. The molecular weight excluding hydrogens is 700 g/mol. The van der Waals surface area contributed by atoms with Gasteiger partial charge in [-0.05, 0) is 73.3 Å². The zero-order valence-electron chi connectivity index (χ0n) is 28.2. The molecule has 0 radical (unpaired) electrons. The fraction of sp³-hybridized carbons (Fsp3) is 0.342. The van der Waals surface area contributed by atoms with E-state index in [2.05, 4.69) is 10.2 Å². The molecule has 51 heavy (non-hydrogen) atoms. The number of piperidine rings is 3. The molecule has 3 atom stereocenters. The molecule has 7 rings (SSSR count). The van der Waals surface area contributed by atoms with Crippen molar-refractivity contribution < 1.29 is 37.7 Å². The fourth-order valence-corrected chi connectivity index (χ4v) is 7.31. The van der Waals surface area contributed by atoms with E-state index >= 15 is 4.39 Å². The number of fused-ring (bicyclic) bond motifs is 3. The number of halogens is 3. The predicted molar refractivity (Wildman–Crippen MR) is 188 cm³/mol. The van der Waals surface area contributed by atoms with Crippen LogP contribution in [0.4, 0.5) is 4.39 Å². The van der Waals surface area contributed by atoms with E-state index in [1.54, 1.807) is 60.7 Å². The van der Waals surface area contributed by atoms with Gasteiger partial charge in [-0.3, -0.25) is 10.2 Å². The van der Waals surface area contributed by atoms with Crippen molar-refractivity contribution in [1.29, 1.82) is 0 Å². The Kier molecular flexibility index (Phi) is 11.6. The maximum absolute atomic E-state index is 15.0. The highest BCUT2D eigenvalue weighted by Gasteiger charge is 2.38. The van der Waals surface area contributed by atoms with Crippen molar-refractivity contribution in [3.05, 3.63) is 128 Å². The van der Waals surface area contributed by atoms with Crippen LogP contribution >= 0.6 is 23.2 Å². The molecule has 1 aromatic heterocycles. The summed E-state index contributed by atoms with van der Waals surface area (Å²) in [7, 11) is 3.01. The van der Waals surface area contributed by atoms with Crippen molar-refractivity contribution in [2.24, 2.45) is 5.92 Å². The molecule has 3 aliphatic heterocycles. The molecule has 0 saturated carbocycles. The van der Waals surface area contributed by atoms with Gasteiger partial charge in [0.05, 0.1) is 19.8 Å². The summed E-state index contributed by atoms with van der Waals surface area (Å²) in [5.74, 6) is -0.524. The third-order valence-electron chi connectivity index (χ3n) is 9.46. The number of benzene rings is 3. The van der Waals surface area contributed by atoms with Gasteiger partial charge in [0.25, 0.3) is 0 Å². The minimum atomic E-state index is -1.07. The molecule has 0 spiro atoms. The van der Waals surface area contributed by atoms with Crippen LogP contribution in [0.25, 0.3) is 0 Å². The molecular formula is C38H38Cl2FN3O7. The van der Waals surface area contributed by atoms with E-state index in [0.717, 1.165) is 25.9 Å². The van der Waals surface area contributed by atoms with Gasteiger partial charge in [-0.25, -0.2) is 14.0 Å². The first-order chi connectivity index (χ1) is 24.6. The zero-order valence-corrected chi connectivity index (χ0v) is 29.7. The molecule has 0 aliphatic carbocycles. The molecule has 1 unspecified atom stereocenters. The van der Waals surface area contributed by atoms with E-state index in [0.29, 0.717) is 45.4 Å². The van der Waals surface area contributed by atoms with Crippen molar-refractivity contribution >= 4 is 35.1 Å². The van der Waals surface area contributed by atoms with E-state index in [9.17, 15) is 14.8 Å². The van der Waals surface area contributed by atoms with Crippen LogP contribution in [-0.2, 0) is 27.2 Å². The lowest BCUT2D eigenvalue weighted by Crippen LogP contribution is -2.52. The first-order valence-corrected chi connectivity index (χ1v) is 17.4. The molecule has 3 aromatic carbocycles. The van der Waals surface area contributed by atoms with Crippen LogP contribution < -0.4 is 19.5 Å². The quantitative estimate of drug-likeness (QED) is 0.0948. The number of esters is 2. The highest BCUT2D eigenvalue weighted by atomic mass is 35.5. The molecule has 3 fully saturated rings. The van der Waals surface area contributed by atoms with Crippen LogP contribution in [0.5, 0.6) is 11.5 Å². The average molecular weight is 739 g/mol. The molecule has 0 amide bonds. The number of hydrogen-bond donors (Lipinski definition) is 1. The number of nitrogens with zero attached hydrogens (tertiary/aromatic N) is 2. The van der Waals surface area contributed by atoms with Gasteiger partial charge in [-0.2, -0.15) is 4.73 Å². The molecule has 3 saturated heterocycles. The van der Waals surface area contributed by atoms with Gasteiger partial charge in [-0.15, -0.1) is 0 Å². The Labute approximate surface area is 305 Å². The number of hydrogen-bond acceptors (Lipinski definition) is 9. The molecule has 13 heteroatoms. The normalized spacial score (nSPS) is 19.2. The molecule has 1 N–H and O–H groups in total. The molecule has 268 valence electrons. The summed E-state index contributed by atoms with van der Waals surface area (Å²) in [5, 5.41) is 15.3. The van der Waals surface area contributed by atoms with Crippen LogP contribution in [0.15, 0.2) is 79.1 Å². The zero-order chi connectivity index (χ0) is 36.1. The summed E-state index contributed by atoms with van der Waals surface area (Å²) in [4.78, 5) is 29.6. The van der Waals surface area contributed by atoms with Crippen molar-refractivity contribution in [3.63, 3.8) is 0 Å². The van der Waals surface area contributed by atoms with E-state index < -0.39 is 29.9 Å². The summed E-state index contributed by atoms with van der Waals surface area (Å²) >= 11 is 12.8. The van der Waals surface area contributed by atoms with Gasteiger partial charge in [0.1, 0.15) is 34.1 Å². The number of rotatable bonds is 13. The topological polar surface area (TPSA) is 113 Å². The molecule has 2 bridgehead atoms. The lowest BCUT2D eigenvalue weighted by atomic mass is 9.86. The number of ether oxygens (including phenoxy) is 4. The third-order valence-corrected chi connectivity index (χ3v) is 10.1. The molecule has 10 nitrogen and oxygen atoms in total. The summed E-state index contributed by atoms with van der Waals surface area (Å²) in [5.41, 5.74) is 2.05. The number of carbonyl (C=O) groups excluding carboxylic acids is 2. The number of aromatic nitrogens is 1. The first-order valence-electron chi connectivity index (χ1n) is 16.6. The van der Waals surface area contributed by atoms with Crippen molar-refractivity contribution in [1.82, 2.24) is 10.2 Å². The second kappa shape index (κ2) is 16.3. The molecule has 4 aromatic rings. The number of nitrogens with one attached hydrogen (secondary N) is 1. The molecule has 4 heterocycles. The van der Waals surface area contributed by atoms with Crippen molar-refractivity contribution in [2.75, 3.05) is 33.9 Å². The Morgan fingerprint density at radius 2 is 1.71 bits per heavy atom. The second-order valence-electron chi connectivity index (χ2n) is 12.7. The number of carbonyl (C=O) groups is 2. The van der Waals surface area contributed by atoms with E-state index in [-0.39, 0.29) is 40.2 Å². The van der Waals surface area contributed by atoms with Crippen LogP contribution in [0.1, 0.15) is 57.6 Å². The second-order valence-corrected chi connectivity index (χ2v) is 13.5. The smallest absolute Gasteiger partial charge is 0.338 e. The lowest BCUT2D eigenvalue weighted by molar-refractivity contribution is -0.605. The lowest BCUT2D eigenvalue weighted by Gasteiger charge is -2.44. The minimum Gasteiger partial charge on any atom is -0.619 e. The SMILES string of the molecule is COc1ccc(C(Cc2c(Cl)c[n+]([O-])cc2Cl)OC(=O)c2cccc(CN[C@H](C(=O)O[C@H]3CN4CCC3CC4)c3ccccc3F)c2)cc1OC. The van der Waals surface area contributed by atoms with Crippen LogP contribution in [0.3, 0.4) is 0 Å². The summed E-state index contributed by atoms with van der Waals surface area (Å²) < 4.78 is 38.4. The van der Waals surface area contributed by atoms with Gasteiger partial charge in [0.15, 0.2) is 23.9 Å². The first kappa shape index (κ1) is 36.4. The highest BCUT2D eigenvalue weighted by Crippen LogP contribution is 2.36. The van der Waals surface area contributed by atoms with E-state index in [1.807, 2.05) is 0 Å². The van der Waals surface area contributed by atoms with E-state index in [1.165, 1.54) is 32.7 Å². The van der Waals surface area contributed by atoms with Crippen molar-refractivity contribution in [2.45, 2.75) is 44.1 Å². The fourth-order valence-electron chi connectivity index (χ4n) is 6.71. The van der Waals surface area contributed by atoms with Crippen LogP contribution in [0, 0.1) is 16.9 Å². The van der Waals surface area contributed by atoms with Crippen molar-refractivity contribution in [3.8, 4) is 11.5 Å². The number of methoxy groups -OCH3 is 2. The summed E-state index contributed by atoms with van der Waals surface area (Å²) in [6.07, 6.45) is 3.20. The maximum Gasteiger partial charge on any atom is 0.338 e. The van der Waals surface area contributed by atoms with Gasteiger partial charge in [-0.1, -0.05) is 59.6 Å². The largest absolute Gasteiger partial charge is 0.619 e. The number of pyridine rings is 1. The Morgan fingerprint density at radius 3 is 2.37 bits per heavy atom. The minimum absolute atomic E-state index is 0.0486. The summed E-state index contributed by atoms with van der Waals surface area (Å²) in [6.45, 7) is 2.79.